The molecule has 2 fully saturated rings. The molecule has 4 atom stereocenters. The lowest BCUT2D eigenvalue weighted by atomic mass is 9.58. The predicted molar refractivity (Wildman–Crippen MR) is 151 cm³/mol. The van der Waals surface area contributed by atoms with E-state index in [0.29, 0.717) is 50.4 Å². The third kappa shape index (κ3) is 5.82. The summed E-state index contributed by atoms with van der Waals surface area (Å²) in [7, 11) is -1.01. The van der Waals surface area contributed by atoms with Gasteiger partial charge in [-0.15, -0.1) is 0 Å². The molecule has 2 aliphatic heterocycles. The molecule has 2 saturated heterocycles. The zero-order valence-corrected chi connectivity index (χ0v) is 23.3. The zero-order chi connectivity index (χ0) is 28.2. The number of ether oxygens (including phenoxy) is 1. The standard InChI is InChI=1S/C31H38BNO7/c1-3-14-33-30(35)25-16-21(19-38-22-8-6-5-7-9-22)28-26(29(25)31(33)36)17-32(37)40-27(28)13-10-20(4-2)15-23-11-12-24(18-34)39-23/h5-9,11-12,15,25-27,29,34,37H,3-4,10,13-14,16-19H2,1-2H3/b20-15+/t25-,26+,27-,29-/m1/s1. The number of rotatable bonds is 11. The number of furan rings is 1. The lowest BCUT2D eigenvalue weighted by Gasteiger charge is -2.43. The molecule has 0 spiro atoms. The number of nitrogens with zero attached hydrogens (tertiary/aromatic N) is 1. The Morgan fingerprint density at radius 1 is 1.12 bits per heavy atom. The Labute approximate surface area is 235 Å². The number of benzene rings is 1. The molecule has 0 radical (unpaired) electrons. The Balaban J connectivity index is 1.44. The van der Waals surface area contributed by atoms with Crippen LogP contribution < -0.4 is 4.74 Å². The summed E-state index contributed by atoms with van der Waals surface area (Å²) in [5.74, 6) is 0.528. The summed E-state index contributed by atoms with van der Waals surface area (Å²) < 4.78 is 18.0. The molecule has 8 nitrogen and oxygen atoms in total. The Morgan fingerprint density at radius 2 is 1.93 bits per heavy atom. The summed E-state index contributed by atoms with van der Waals surface area (Å²) in [5.41, 5.74) is 3.15. The fourth-order valence-electron chi connectivity index (χ4n) is 6.52. The van der Waals surface area contributed by atoms with Gasteiger partial charge in [-0.3, -0.25) is 14.5 Å². The molecule has 1 aliphatic carbocycles. The van der Waals surface area contributed by atoms with Crippen molar-refractivity contribution in [3.05, 3.63) is 70.7 Å². The number of carbonyl (C=O) groups is 2. The molecule has 9 heteroatoms. The van der Waals surface area contributed by atoms with Crippen LogP contribution in [0.5, 0.6) is 5.75 Å². The Bertz CT molecular complexity index is 1270. The van der Waals surface area contributed by atoms with Crippen LogP contribution in [-0.4, -0.2) is 53.2 Å². The van der Waals surface area contributed by atoms with Crippen molar-refractivity contribution in [1.82, 2.24) is 4.90 Å². The normalized spacial score (nSPS) is 24.9. The average molecular weight is 547 g/mol. The van der Waals surface area contributed by atoms with E-state index in [1.165, 1.54) is 4.90 Å². The maximum Gasteiger partial charge on any atom is 0.455 e. The zero-order valence-electron chi connectivity index (χ0n) is 23.3. The van der Waals surface area contributed by atoms with Crippen molar-refractivity contribution in [2.45, 2.75) is 65.0 Å². The average Bonchev–Trinajstić information content (AvgIpc) is 3.52. The maximum absolute atomic E-state index is 13.5. The van der Waals surface area contributed by atoms with Gasteiger partial charge in [-0.25, -0.2) is 0 Å². The number of aliphatic hydroxyl groups is 1. The Morgan fingerprint density at radius 3 is 2.62 bits per heavy atom. The molecule has 212 valence electrons. The number of fused-ring (bicyclic) bond motifs is 3. The summed E-state index contributed by atoms with van der Waals surface area (Å²) in [5, 5.41) is 20.1. The van der Waals surface area contributed by atoms with Crippen LogP contribution in [0, 0.1) is 17.8 Å². The minimum atomic E-state index is -1.01. The van der Waals surface area contributed by atoms with Crippen molar-refractivity contribution in [2.75, 3.05) is 13.2 Å². The SMILES string of the molecule is CCCN1C(=O)[C@@H]2[C@@H](CC(COc3ccccc3)=C3[C@@H](CC/C(=C/c4ccc(CO)o4)CC)OB(O)C[C@@H]32)C1=O. The second kappa shape index (κ2) is 12.6. The monoisotopic (exact) mass is 547 g/mol. The Hall–Kier alpha value is -3.14. The van der Waals surface area contributed by atoms with Gasteiger partial charge in [0.05, 0.1) is 17.9 Å². The topological polar surface area (TPSA) is 109 Å². The number of aliphatic hydroxyl groups excluding tert-OH is 1. The van der Waals surface area contributed by atoms with E-state index < -0.39 is 25.1 Å². The van der Waals surface area contributed by atoms with Gasteiger partial charge >= 0.3 is 7.12 Å². The lowest BCUT2D eigenvalue weighted by Crippen LogP contribution is -2.46. The Kier molecular flexibility index (Phi) is 8.93. The van der Waals surface area contributed by atoms with E-state index in [1.807, 2.05) is 49.4 Å². The molecular weight excluding hydrogens is 509 g/mol. The minimum Gasteiger partial charge on any atom is -0.489 e. The van der Waals surface area contributed by atoms with E-state index in [0.717, 1.165) is 28.9 Å². The van der Waals surface area contributed by atoms with Crippen molar-refractivity contribution in [3.8, 4) is 5.75 Å². The summed E-state index contributed by atoms with van der Waals surface area (Å²) in [6.07, 6.45) is 5.17. The van der Waals surface area contributed by atoms with Crippen LogP contribution in [0.4, 0.5) is 0 Å². The van der Waals surface area contributed by atoms with E-state index in [2.05, 4.69) is 6.92 Å². The van der Waals surface area contributed by atoms with Gasteiger partial charge in [0.15, 0.2) is 0 Å². The minimum absolute atomic E-state index is 0.109. The molecular formula is C31H38BNO7. The molecule has 5 rings (SSSR count). The molecule has 0 bridgehead atoms. The van der Waals surface area contributed by atoms with Crippen LogP contribution in [0.1, 0.15) is 57.5 Å². The van der Waals surface area contributed by atoms with Crippen molar-refractivity contribution in [1.29, 1.82) is 0 Å². The second-order valence-electron chi connectivity index (χ2n) is 10.9. The highest BCUT2D eigenvalue weighted by atomic mass is 16.5. The largest absolute Gasteiger partial charge is 0.489 e. The second-order valence-corrected chi connectivity index (χ2v) is 10.9. The maximum atomic E-state index is 13.5. The number of allylic oxidation sites excluding steroid dienone is 1. The van der Waals surface area contributed by atoms with E-state index in [1.54, 1.807) is 6.07 Å². The third-order valence-corrected chi connectivity index (χ3v) is 8.37. The first kappa shape index (κ1) is 28.4. The van der Waals surface area contributed by atoms with Crippen LogP contribution in [-0.2, 0) is 20.9 Å². The smallest absolute Gasteiger partial charge is 0.455 e. The van der Waals surface area contributed by atoms with Gasteiger partial charge in [-0.2, -0.15) is 0 Å². The summed E-state index contributed by atoms with van der Waals surface area (Å²) in [6, 6.07) is 13.2. The quantitative estimate of drug-likeness (QED) is 0.240. The van der Waals surface area contributed by atoms with Crippen molar-refractivity contribution >= 4 is 25.0 Å². The first-order chi connectivity index (χ1) is 19.4. The molecule has 40 heavy (non-hydrogen) atoms. The number of hydrogen-bond donors (Lipinski definition) is 2. The third-order valence-electron chi connectivity index (χ3n) is 8.37. The molecule has 3 heterocycles. The molecule has 2 aromatic rings. The molecule has 3 aliphatic rings. The van der Waals surface area contributed by atoms with Crippen molar-refractivity contribution in [3.63, 3.8) is 0 Å². The molecule has 0 saturated carbocycles. The number of para-hydroxylation sites is 1. The molecule has 2 N–H and O–H groups in total. The van der Waals surface area contributed by atoms with Gasteiger partial charge in [-0.05, 0) is 85.8 Å². The number of carbonyl (C=O) groups excluding carboxylic acids is 2. The van der Waals surface area contributed by atoms with E-state index in [4.69, 9.17) is 13.8 Å². The highest BCUT2D eigenvalue weighted by Gasteiger charge is 2.57. The van der Waals surface area contributed by atoms with Gasteiger partial charge in [0, 0.05) is 6.54 Å². The summed E-state index contributed by atoms with van der Waals surface area (Å²) >= 11 is 0. The summed E-state index contributed by atoms with van der Waals surface area (Å²) in [6.45, 7) is 4.62. The number of likely N-dealkylation sites (tertiary alicyclic amines) is 1. The van der Waals surface area contributed by atoms with Crippen LogP contribution in [0.3, 0.4) is 0 Å². The number of amides is 2. The molecule has 2 amide bonds. The van der Waals surface area contributed by atoms with Crippen LogP contribution in [0.25, 0.3) is 6.08 Å². The van der Waals surface area contributed by atoms with E-state index >= 15 is 0 Å². The molecule has 0 unspecified atom stereocenters. The molecule has 1 aromatic carbocycles. The highest BCUT2D eigenvalue weighted by Crippen LogP contribution is 2.50. The van der Waals surface area contributed by atoms with Crippen molar-refractivity contribution < 1.29 is 33.5 Å². The first-order valence-electron chi connectivity index (χ1n) is 14.4. The van der Waals surface area contributed by atoms with Gasteiger partial charge in [0.25, 0.3) is 0 Å². The number of hydrogen-bond acceptors (Lipinski definition) is 7. The van der Waals surface area contributed by atoms with Crippen LogP contribution >= 0.6 is 0 Å². The van der Waals surface area contributed by atoms with E-state index in [-0.39, 0.29) is 30.7 Å². The lowest BCUT2D eigenvalue weighted by molar-refractivity contribution is -0.140. The van der Waals surface area contributed by atoms with Crippen LogP contribution in [0.2, 0.25) is 6.32 Å². The highest BCUT2D eigenvalue weighted by molar-refractivity contribution is 6.43. The first-order valence-corrected chi connectivity index (χ1v) is 14.4. The predicted octanol–water partition coefficient (Wildman–Crippen LogP) is 4.63. The fraction of sp³-hybridized carbons (Fsp3) is 0.484. The van der Waals surface area contributed by atoms with Gasteiger partial charge in [0.1, 0.15) is 30.5 Å². The van der Waals surface area contributed by atoms with Gasteiger partial charge in [0.2, 0.25) is 11.8 Å². The fourth-order valence-corrected chi connectivity index (χ4v) is 6.52. The van der Waals surface area contributed by atoms with Gasteiger partial charge < -0.3 is 23.9 Å². The number of imide groups is 1. The summed E-state index contributed by atoms with van der Waals surface area (Å²) in [4.78, 5) is 28.3. The van der Waals surface area contributed by atoms with Crippen molar-refractivity contribution in [2.24, 2.45) is 17.8 Å². The molecule has 1 aromatic heterocycles. The van der Waals surface area contributed by atoms with Crippen LogP contribution in [0.15, 0.2) is 63.6 Å². The van der Waals surface area contributed by atoms with E-state index in [9.17, 15) is 19.7 Å². The van der Waals surface area contributed by atoms with Gasteiger partial charge in [-0.1, -0.05) is 37.6 Å².